The molecule has 0 spiro atoms. The fourth-order valence-electron chi connectivity index (χ4n) is 1.57. The van der Waals surface area contributed by atoms with Gasteiger partial charge in [0.25, 0.3) is 0 Å². The van der Waals surface area contributed by atoms with Crippen LogP contribution in [0.1, 0.15) is 40.5 Å². The summed E-state index contributed by atoms with van der Waals surface area (Å²) in [7, 11) is 1.71. The molecule has 3 heteroatoms. The van der Waals surface area contributed by atoms with Crippen LogP contribution in [0, 0.1) is 5.92 Å². The molecule has 86 valence electrons. The zero-order valence-electron chi connectivity index (χ0n) is 10.1. The molecule has 0 heterocycles. The van der Waals surface area contributed by atoms with Crippen LogP contribution in [0.15, 0.2) is 0 Å². The van der Waals surface area contributed by atoms with Crippen molar-refractivity contribution in [3.63, 3.8) is 0 Å². The van der Waals surface area contributed by atoms with E-state index in [4.69, 9.17) is 15.6 Å². The van der Waals surface area contributed by atoms with E-state index in [1.165, 1.54) is 0 Å². The van der Waals surface area contributed by atoms with Gasteiger partial charge in [0.2, 0.25) is 0 Å². The molecule has 0 fully saturated rings. The quantitative estimate of drug-likeness (QED) is 0.688. The number of ether oxygens (including phenoxy) is 1. The maximum absolute atomic E-state index is 8.97. The Morgan fingerprint density at radius 2 is 1.79 bits per heavy atom. The monoisotopic (exact) mass is 203 g/mol. The lowest BCUT2D eigenvalue weighted by Gasteiger charge is -2.36. The van der Waals surface area contributed by atoms with Crippen molar-refractivity contribution in [2.45, 2.75) is 51.7 Å². The maximum atomic E-state index is 8.97. The molecule has 0 saturated carbocycles. The first-order valence-corrected chi connectivity index (χ1v) is 5.18. The molecule has 14 heavy (non-hydrogen) atoms. The van der Waals surface area contributed by atoms with E-state index < -0.39 is 0 Å². The number of methoxy groups -OCH3 is 1. The third kappa shape index (κ3) is 4.94. The largest absolute Gasteiger partial charge is 0.396 e. The Bertz CT molecular complexity index is 158. The topological polar surface area (TPSA) is 55.5 Å². The molecule has 0 aliphatic heterocycles. The van der Waals surface area contributed by atoms with Gasteiger partial charge in [-0.25, -0.2) is 0 Å². The van der Waals surface area contributed by atoms with Gasteiger partial charge in [-0.3, -0.25) is 0 Å². The Kier molecular flexibility index (Phi) is 5.06. The standard InChI is InChI=1S/C11H25NO2/c1-10(2,14-5)8-9(6-7-13)11(3,4)12/h9,13H,6-8,12H2,1-5H3. The second-order valence-electron chi connectivity index (χ2n) is 5.20. The summed E-state index contributed by atoms with van der Waals surface area (Å²) in [4.78, 5) is 0. The summed E-state index contributed by atoms with van der Waals surface area (Å²) >= 11 is 0. The molecular weight excluding hydrogens is 178 g/mol. The summed E-state index contributed by atoms with van der Waals surface area (Å²) in [5, 5.41) is 8.97. The van der Waals surface area contributed by atoms with Crippen molar-refractivity contribution in [2.75, 3.05) is 13.7 Å². The molecule has 1 unspecified atom stereocenters. The molecule has 0 bridgehead atoms. The normalized spacial score (nSPS) is 15.6. The van der Waals surface area contributed by atoms with Gasteiger partial charge in [-0.15, -0.1) is 0 Å². The molecular formula is C11H25NO2. The summed E-state index contributed by atoms with van der Waals surface area (Å²) in [6.45, 7) is 8.27. The first-order chi connectivity index (χ1) is 6.23. The molecule has 0 aromatic rings. The third-order valence-corrected chi connectivity index (χ3v) is 2.82. The highest BCUT2D eigenvalue weighted by atomic mass is 16.5. The first kappa shape index (κ1) is 13.9. The molecule has 0 aliphatic carbocycles. The lowest BCUT2D eigenvalue weighted by Crippen LogP contribution is -2.44. The summed E-state index contributed by atoms with van der Waals surface area (Å²) in [6, 6.07) is 0. The van der Waals surface area contributed by atoms with Gasteiger partial charge >= 0.3 is 0 Å². The molecule has 0 aliphatic rings. The van der Waals surface area contributed by atoms with Gasteiger partial charge in [-0.05, 0) is 46.5 Å². The number of aliphatic hydroxyl groups is 1. The zero-order chi connectivity index (χ0) is 11.4. The SMILES string of the molecule is COC(C)(C)CC(CCO)C(C)(C)N. The van der Waals surface area contributed by atoms with Crippen LogP contribution in [0.25, 0.3) is 0 Å². The first-order valence-electron chi connectivity index (χ1n) is 5.18. The fraction of sp³-hybridized carbons (Fsp3) is 1.00. The molecule has 3 N–H and O–H groups in total. The van der Waals surface area contributed by atoms with Gasteiger partial charge in [-0.2, -0.15) is 0 Å². The van der Waals surface area contributed by atoms with Crippen molar-refractivity contribution >= 4 is 0 Å². The van der Waals surface area contributed by atoms with Crippen LogP contribution in [0.5, 0.6) is 0 Å². The number of hydrogen-bond donors (Lipinski definition) is 2. The van der Waals surface area contributed by atoms with E-state index in [0.717, 1.165) is 12.8 Å². The van der Waals surface area contributed by atoms with Crippen LogP contribution in [-0.4, -0.2) is 30.0 Å². The minimum Gasteiger partial charge on any atom is -0.396 e. The Balaban J connectivity index is 4.38. The number of nitrogens with two attached hydrogens (primary N) is 1. The Morgan fingerprint density at radius 3 is 2.07 bits per heavy atom. The fourth-order valence-corrected chi connectivity index (χ4v) is 1.57. The molecule has 1 atom stereocenters. The van der Waals surface area contributed by atoms with Crippen molar-refractivity contribution in [1.82, 2.24) is 0 Å². The Morgan fingerprint density at radius 1 is 1.29 bits per heavy atom. The molecule has 0 radical (unpaired) electrons. The van der Waals surface area contributed by atoms with E-state index in [9.17, 15) is 0 Å². The van der Waals surface area contributed by atoms with E-state index >= 15 is 0 Å². The van der Waals surface area contributed by atoms with Crippen molar-refractivity contribution in [3.05, 3.63) is 0 Å². The van der Waals surface area contributed by atoms with Crippen LogP contribution in [0.4, 0.5) is 0 Å². The summed E-state index contributed by atoms with van der Waals surface area (Å²) in [6.07, 6.45) is 1.60. The second kappa shape index (κ2) is 5.10. The highest BCUT2D eigenvalue weighted by Crippen LogP contribution is 2.28. The maximum Gasteiger partial charge on any atom is 0.0626 e. The number of aliphatic hydroxyl groups excluding tert-OH is 1. The number of rotatable bonds is 6. The predicted octanol–water partition coefficient (Wildman–Crippen LogP) is 1.54. The van der Waals surface area contributed by atoms with Gasteiger partial charge in [0, 0.05) is 19.3 Å². The molecule has 0 aromatic carbocycles. The zero-order valence-corrected chi connectivity index (χ0v) is 10.1. The van der Waals surface area contributed by atoms with Crippen LogP contribution in [0.3, 0.4) is 0 Å². The Labute approximate surface area is 87.6 Å². The highest BCUT2D eigenvalue weighted by molar-refractivity contribution is 4.86. The van der Waals surface area contributed by atoms with E-state index in [2.05, 4.69) is 0 Å². The van der Waals surface area contributed by atoms with E-state index in [-0.39, 0.29) is 23.7 Å². The highest BCUT2D eigenvalue weighted by Gasteiger charge is 2.30. The van der Waals surface area contributed by atoms with Gasteiger partial charge in [0.15, 0.2) is 0 Å². The molecule has 0 saturated heterocycles. The average Bonchev–Trinajstić information content (AvgIpc) is 2.02. The van der Waals surface area contributed by atoms with E-state index in [1.807, 2.05) is 27.7 Å². The minimum absolute atomic E-state index is 0.170. The van der Waals surface area contributed by atoms with E-state index in [0.29, 0.717) is 0 Å². The molecule has 0 rings (SSSR count). The minimum atomic E-state index is -0.265. The summed E-state index contributed by atoms with van der Waals surface area (Å²) in [5.41, 5.74) is 5.63. The Hall–Kier alpha value is -0.120. The van der Waals surface area contributed by atoms with Gasteiger partial charge in [0.05, 0.1) is 5.60 Å². The van der Waals surface area contributed by atoms with Crippen LogP contribution < -0.4 is 5.73 Å². The van der Waals surface area contributed by atoms with Crippen LogP contribution in [0.2, 0.25) is 0 Å². The smallest absolute Gasteiger partial charge is 0.0626 e. The van der Waals surface area contributed by atoms with Crippen molar-refractivity contribution in [2.24, 2.45) is 11.7 Å². The van der Waals surface area contributed by atoms with Crippen molar-refractivity contribution < 1.29 is 9.84 Å². The lowest BCUT2D eigenvalue weighted by atomic mass is 9.79. The van der Waals surface area contributed by atoms with Gasteiger partial charge in [-0.1, -0.05) is 0 Å². The summed E-state index contributed by atoms with van der Waals surface area (Å²) < 4.78 is 5.37. The van der Waals surface area contributed by atoms with Crippen molar-refractivity contribution in [3.8, 4) is 0 Å². The molecule has 0 aromatic heterocycles. The summed E-state index contributed by atoms with van der Waals surface area (Å²) in [5.74, 6) is 0.280. The lowest BCUT2D eigenvalue weighted by molar-refractivity contribution is -0.00974. The number of hydrogen-bond acceptors (Lipinski definition) is 3. The van der Waals surface area contributed by atoms with Crippen molar-refractivity contribution in [1.29, 1.82) is 0 Å². The molecule has 3 nitrogen and oxygen atoms in total. The van der Waals surface area contributed by atoms with Crippen LogP contribution in [-0.2, 0) is 4.74 Å². The van der Waals surface area contributed by atoms with Gasteiger partial charge in [0.1, 0.15) is 0 Å². The average molecular weight is 203 g/mol. The third-order valence-electron chi connectivity index (χ3n) is 2.82. The van der Waals surface area contributed by atoms with E-state index in [1.54, 1.807) is 7.11 Å². The predicted molar refractivity (Wildman–Crippen MR) is 59.2 cm³/mol. The van der Waals surface area contributed by atoms with Gasteiger partial charge < -0.3 is 15.6 Å². The second-order valence-corrected chi connectivity index (χ2v) is 5.20. The molecule has 0 amide bonds. The van der Waals surface area contributed by atoms with Crippen LogP contribution >= 0.6 is 0 Å².